The third-order valence-corrected chi connectivity index (χ3v) is 2.99. The molecule has 1 aromatic rings. The van der Waals surface area contributed by atoms with Crippen LogP contribution >= 0.6 is 0 Å². The average molecular weight is 249 g/mol. The first kappa shape index (κ1) is 15.2. The minimum atomic E-state index is 0.891. The predicted molar refractivity (Wildman–Crippen MR) is 78.0 cm³/mol. The van der Waals surface area contributed by atoms with Crippen molar-refractivity contribution < 1.29 is 4.74 Å². The Labute approximate surface area is 112 Å². The van der Waals surface area contributed by atoms with E-state index < -0.39 is 0 Å². The summed E-state index contributed by atoms with van der Waals surface area (Å²) in [6.45, 7) is 6.18. The van der Waals surface area contributed by atoms with Gasteiger partial charge in [0.25, 0.3) is 0 Å². The van der Waals surface area contributed by atoms with Gasteiger partial charge in [-0.3, -0.25) is 0 Å². The topological polar surface area (TPSA) is 21.3 Å². The lowest BCUT2D eigenvalue weighted by molar-refractivity contribution is 0.128. The summed E-state index contributed by atoms with van der Waals surface area (Å²) in [6.07, 6.45) is 5.98. The van der Waals surface area contributed by atoms with Crippen LogP contribution in [-0.2, 0) is 11.2 Å². The Hall–Kier alpha value is -0.860. The zero-order valence-corrected chi connectivity index (χ0v) is 11.7. The summed E-state index contributed by atoms with van der Waals surface area (Å²) >= 11 is 0. The van der Waals surface area contributed by atoms with Gasteiger partial charge in [-0.25, -0.2) is 0 Å². The molecule has 102 valence electrons. The number of hydrogen-bond donors (Lipinski definition) is 1. The highest BCUT2D eigenvalue weighted by Gasteiger charge is 1.93. The number of ether oxygens (including phenoxy) is 1. The first-order chi connectivity index (χ1) is 8.93. The molecule has 0 saturated carbocycles. The van der Waals surface area contributed by atoms with Gasteiger partial charge in [-0.2, -0.15) is 0 Å². The molecular weight excluding hydrogens is 222 g/mol. The Morgan fingerprint density at radius 2 is 1.72 bits per heavy atom. The molecule has 0 aliphatic heterocycles. The van der Waals surface area contributed by atoms with Crippen molar-refractivity contribution in [1.29, 1.82) is 0 Å². The lowest BCUT2D eigenvalue weighted by atomic mass is 10.1. The zero-order valence-electron chi connectivity index (χ0n) is 11.7. The van der Waals surface area contributed by atoms with Crippen LogP contribution in [0, 0.1) is 0 Å². The second-order valence-corrected chi connectivity index (χ2v) is 4.62. The van der Waals surface area contributed by atoms with Crippen molar-refractivity contribution in [3.63, 3.8) is 0 Å². The van der Waals surface area contributed by atoms with Crippen molar-refractivity contribution in [3.05, 3.63) is 35.9 Å². The predicted octanol–water partition coefficient (Wildman–Crippen LogP) is 3.42. The van der Waals surface area contributed by atoms with Crippen LogP contribution in [0.25, 0.3) is 0 Å². The maximum atomic E-state index is 5.64. The molecule has 0 unspecified atom stereocenters. The van der Waals surface area contributed by atoms with E-state index in [4.69, 9.17) is 4.74 Å². The molecule has 0 heterocycles. The molecule has 0 amide bonds. The number of benzene rings is 1. The Kier molecular flexibility index (Phi) is 9.49. The van der Waals surface area contributed by atoms with Crippen LogP contribution in [0.3, 0.4) is 0 Å². The maximum Gasteiger partial charge on any atom is 0.0469 e. The molecule has 1 N–H and O–H groups in total. The quantitative estimate of drug-likeness (QED) is 0.607. The Morgan fingerprint density at radius 1 is 0.944 bits per heavy atom. The summed E-state index contributed by atoms with van der Waals surface area (Å²) in [6, 6.07) is 10.6. The summed E-state index contributed by atoms with van der Waals surface area (Å²) in [5.41, 5.74) is 1.41. The summed E-state index contributed by atoms with van der Waals surface area (Å²) in [5.74, 6) is 0. The lowest BCUT2D eigenvalue weighted by Crippen LogP contribution is -2.13. The van der Waals surface area contributed by atoms with Gasteiger partial charge < -0.3 is 10.1 Å². The van der Waals surface area contributed by atoms with Gasteiger partial charge in [-0.1, -0.05) is 37.3 Å². The largest absolute Gasteiger partial charge is 0.381 e. The van der Waals surface area contributed by atoms with E-state index in [0.29, 0.717) is 0 Å². The smallest absolute Gasteiger partial charge is 0.0469 e. The molecule has 2 nitrogen and oxygen atoms in total. The number of nitrogens with one attached hydrogen (secondary N) is 1. The average Bonchev–Trinajstić information content (AvgIpc) is 2.42. The molecule has 0 fully saturated rings. The highest BCUT2D eigenvalue weighted by molar-refractivity contribution is 5.14. The van der Waals surface area contributed by atoms with Crippen LogP contribution in [-0.4, -0.2) is 26.3 Å². The van der Waals surface area contributed by atoms with E-state index in [1.165, 1.54) is 24.8 Å². The van der Waals surface area contributed by atoms with Crippen LogP contribution in [0.4, 0.5) is 0 Å². The second-order valence-electron chi connectivity index (χ2n) is 4.62. The van der Waals surface area contributed by atoms with Crippen molar-refractivity contribution in [1.82, 2.24) is 5.32 Å². The minimum absolute atomic E-state index is 0.891. The zero-order chi connectivity index (χ0) is 12.9. The Bertz CT molecular complexity index is 274. The molecule has 0 bridgehead atoms. The minimum Gasteiger partial charge on any atom is -0.381 e. The fraction of sp³-hybridized carbons (Fsp3) is 0.625. The van der Waals surface area contributed by atoms with Gasteiger partial charge in [-0.15, -0.1) is 0 Å². The van der Waals surface area contributed by atoms with Crippen molar-refractivity contribution in [2.75, 3.05) is 26.3 Å². The van der Waals surface area contributed by atoms with Gasteiger partial charge >= 0.3 is 0 Å². The molecule has 1 rings (SSSR count). The molecule has 0 aliphatic rings. The summed E-state index contributed by atoms with van der Waals surface area (Å²) in [4.78, 5) is 0. The molecule has 0 aliphatic carbocycles. The van der Waals surface area contributed by atoms with Crippen molar-refractivity contribution in [3.8, 4) is 0 Å². The summed E-state index contributed by atoms with van der Waals surface area (Å²) in [7, 11) is 0. The van der Waals surface area contributed by atoms with Gasteiger partial charge in [0.05, 0.1) is 0 Å². The molecule has 0 aromatic heterocycles. The SMILES string of the molecule is CCNCCCCCOCCCc1ccccc1. The normalized spacial score (nSPS) is 10.7. The third kappa shape index (κ3) is 8.26. The summed E-state index contributed by atoms with van der Waals surface area (Å²) in [5, 5.41) is 3.34. The van der Waals surface area contributed by atoms with E-state index in [-0.39, 0.29) is 0 Å². The Balaban J connectivity index is 1.82. The van der Waals surface area contributed by atoms with E-state index >= 15 is 0 Å². The van der Waals surface area contributed by atoms with Gasteiger partial charge in [0.2, 0.25) is 0 Å². The van der Waals surface area contributed by atoms with Gasteiger partial charge in [0, 0.05) is 13.2 Å². The molecule has 18 heavy (non-hydrogen) atoms. The monoisotopic (exact) mass is 249 g/mol. The molecule has 2 heteroatoms. The molecule has 0 saturated heterocycles. The second kappa shape index (κ2) is 11.2. The molecule has 0 atom stereocenters. The van der Waals surface area contributed by atoms with E-state index in [1.807, 2.05) is 0 Å². The van der Waals surface area contributed by atoms with Gasteiger partial charge in [0.1, 0.15) is 0 Å². The maximum absolute atomic E-state index is 5.64. The number of aryl methyl sites for hydroxylation is 1. The molecule has 0 radical (unpaired) electrons. The van der Waals surface area contributed by atoms with E-state index in [2.05, 4.69) is 42.6 Å². The Morgan fingerprint density at radius 3 is 2.50 bits per heavy atom. The van der Waals surface area contributed by atoms with Crippen LogP contribution in [0.15, 0.2) is 30.3 Å². The van der Waals surface area contributed by atoms with Gasteiger partial charge in [-0.05, 0) is 50.8 Å². The van der Waals surface area contributed by atoms with E-state index in [0.717, 1.165) is 39.1 Å². The van der Waals surface area contributed by atoms with E-state index in [1.54, 1.807) is 0 Å². The van der Waals surface area contributed by atoms with Gasteiger partial charge in [0.15, 0.2) is 0 Å². The number of rotatable bonds is 11. The highest BCUT2D eigenvalue weighted by atomic mass is 16.5. The van der Waals surface area contributed by atoms with Crippen LogP contribution in [0.2, 0.25) is 0 Å². The first-order valence-corrected chi connectivity index (χ1v) is 7.26. The third-order valence-electron chi connectivity index (χ3n) is 2.99. The first-order valence-electron chi connectivity index (χ1n) is 7.26. The molecule has 1 aromatic carbocycles. The van der Waals surface area contributed by atoms with Crippen molar-refractivity contribution >= 4 is 0 Å². The van der Waals surface area contributed by atoms with Crippen LogP contribution in [0.1, 0.15) is 38.2 Å². The molecule has 0 spiro atoms. The lowest BCUT2D eigenvalue weighted by Gasteiger charge is -2.05. The van der Waals surface area contributed by atoms with Crippen LogP contribution < -0.4 is 5.32 Å². The van der Waals surface area contributed by atoms with E-state index in [9.17, 15) is 0 Å². The van der Waals surface area contributed by atoms with Crippen molar-refractivity contribution in [2.45, 2.75) is 39.0 Å². The molecular formula is C16H27NO. The standard InChI is InChI=1S/C16H27NO/c1-2-17-13-7-4-8-14-18-15-9-12-16-10-5-3-6-11-16/h3,5-6,10-11,17H,2,4,7-9,12-15H2,1H3. The summed E-state index contributed by atoms with van der Waals surface area (Å²) < 4.78 is 5.64. The number of hydrogen-bond acceptors (Lipinski definition) is 2. The van der Waals surface area contributed by atoms with Crippen LogP contribution in [0.5, 0.6) is 0 Å². The highest BCUT2D eigenvalue weighted by Crippen LogP contribution is 2.02. The fourth-order valence-corrected chi connectivity index (χ4v) is 1.93. The van der Waals surface area contributed by atoms with Crippen molar-refractivity contribution in [2.24, 2.45) is 0 Å². The number of unbranched alkanes of at least 4 members (excludes halogenated alkanes) is 2. The fourth-order valence-electron chi connectivity index (χ4n) is 1.93.